The number of esters is 1. The number of nitrogens with zero attached hydrogens (tertiary/aromatic N) is 4. The van der Waals surface area contributed by atoms with Gasteiger partial charge in [0.15, 0.2) is 0 Å². The highest BCUT2D eigenvalue weighted by atomic mass is 16.5. The summed E-state index contributed by atoms with van der Waals surface area (Å²) in [5.74, 6) is 1.31. The van der Waals surface area contributed by atoms with E-state index in [2.05, 4.69) is 82.0 Å². The molecular formula is C45H46N4O4. The number of carbonyl (C=O) groups excluding carboxylic acids is 1. The summed E-state index contributed by atoms with van der Waals surface area (Å²) in [6, 6.07) is 16.9. The average Bonchev–Trinajstić information content (AvgIpc) is 3.95. The lowest BCUT2D eigenvalue weighted by atomic mass is 10.00. The van der Waals surface area contributed by atoms with Crippen LogP contribution in [0.4, 0.5) is 0 Å². The first kappa shape index (κ1) is 33.6. The van der Waals surface area contributed by atoms with E-state index in [1.54, 1.807) is 0 Å². The first-order chi connectivity index (χ1) is 25.7. The highest BCUT2D eigenvalue weighted by Gasteiger charge is 2.30. The van der Waals surface area contributed by atoms with Crippen LogP contribution in [0.25, 0.3) is 21.8 Å². The molecule has 4 heterocycles. The molecule has 4 fully saturated rings. The van der Waals surface area contributed by atoms with E-state index in [0.29, 0.717) is 53.3 Å². The summed E-state index contributed by atoms with van der Waals surface area (Å²) in [6.45, 7) is 0. The molecule has 0 unspecified atom stereocenters. The third-order valence-electron chi connectivity index (χ3n) is 11.7. The molecule has 0 atom stereocenters. The van der Waals surface area contributed by atoms with Gasteiger partial charge >= 0.3 is 11.9 Å². The molecule has 4 aromatic heterocycles. The summed E-state index contributed by atoms with van der Waals surface area (Å²) in [4.78, 5) is 33.2. The van der Waals surface area contributed by atoms with Crippen LogP contribution in [-0.2, 0) is 31.7 Å². The molecule has 4 saturated carbocycles. The van der Waals surface area contributed by atoms with Gasteiger partial charge in [0.1, 0.15) is 0 Å². The molecule has 8 heteroatoms. The maximum absolute atomic E-state index is 12.3. The first-order valence-electron chi connectivity index (χ1n) is 19.2. The molecule has 270 valence electrons. The van der Waals surface area contributed by atoms with Crippen molar-refractivity contribution in [1.82, 2.24) is 19.1 Å². The van der Waals surface area contributed by atoms with Crippen LogP contribution in [0, 0.1) is 0 Å². The number of aryl methyl sites for hydroxylation is 2. The molecule has 8 nitrogen and oxygen atoms in total. The quantitative estimate of drug-likeness (QED) is 0.143. The van der Waals surface area contributed by atoms with Gasteiger partial charge in [0.05, 0.1) is 29.6 Å². The summed E-state index contributed by atoms with van der Waals surface area (Å²) in [7, 11) is 5.64. The van der Waals surface area contributed by atoms with Crippen molar-refractivity contribution in [2.24, 2.45) is 14.1 Å². The van der Waals surface area contributed by atoms with Gasteiger partial charge < -0.3 is 19.0 Å². The van der Waals surface area contributed by atoms with E-state index in [1.165, 1.54) is 84.1 Å². The van der Waals surface area contributed by atoms with Crippen molar-refractivity contribution < 1.29 is 19.4 Å². The molecule has 0 saturated heterocycles. The number of carbonyl (C=O) groups is 2. The molecule has 0 spiro atoms. The third-order valence-corrected chi connectivity index (χ3v) is 11.7. The van der Waals surface area contributed by atoms with Crippen LogP contribution < -0.4 is 0 Å². The lowest BCUT2D eigenvalue weighted by Gasteiger charge is -2.10. The number of carboxylic acids is 1. The van der Waals surface area contributed by atoms with Crippen molar-refractivity contribution in [1.29, 1.82) is 0 Å². The van der Waals surface area contributed by atoms with Crippen molar-refractivity contribution in [3.8, 4) is 0 Å². The van der Waals surface area contributed by atoms with Gasteiger partial charge in [0.25, 0.3) is 0 Å². The van der Waals surface area contributed by atoms with E-state index in [9.17, 15) is 14.7 Å². The van der Waals surface area contributed by atoms with Crippen molar-refractivity contribution in [3.63, 3.8) is 0 Å². The van der Waals surface area contributed by atoms with Gasteiger partial charge in [-0.1, -0.05) is 12.1 Å². The van der Waals surface area contributed by atoms with Crippen LogP contribution in [0.2, 0.25) is 0 Å². The topological polar surface area (TPSA) is 99.2 Å². The third kappa shape index (κ3) is 6.87. The second-order valence-electron chi connectivity index (χ2n) is 15.9. The number of rotatable bonds is 10. The maximum atomic E-state index is 12.3. The Kier molecular flexibility index (Phi) is 8.44. The summed E-state index contributed by atoms with van der Waals surface area (Å²) in [6.07, 6.45) is 19.3. The van der Waals surface area contributed by atoms with E-state index in [1.807, 2.05) is 24.5 Å². The first-order valence-corrected chi connectivity index (χ1v) is 19.2. The molecule has 4 aliphatic rings. The monoisotopic (exact) mass is 706 g/mol. The van der Waals surface area contributed by atoms with Gasteiger partial charge in [-0.3, -0.25) is 9.97 Å². The van der Waals surface area contributed by atoms with Crippen LogP contribution in [-0.4, -0.2) is 43.3 Å². The number of fused-ring (bicyclic) bond motifs is 2. The van der Waals surface area contributed by atoms with E-state index in [-0.39, 0.29) is 5.97 Å². The van der Waals surface area contributed by atoms with Crippen LogP contribution in [0.5, 0.6) is 0 Å². The van der Waals surface area contributed by atoms with Gasteiger partial charge in [-0.05, 0) is 145 Å². The Morgan fingerprint density at radius 1 is 0.660 bits per heavy atom. The smallest absolute Gasteiger partial charge is 0.339 e. The van der Waals surface area contributed by atoms with Gasteiger partial charge in [-0.2, -0.15) is 0 Å². The van der Waals surface area contributed by atoms with Crippen LogP contribution in [0.15, 0.2) is 73.3 Å². The number of hydrogen-bond acceptors (Lipinski definition) is 5. The zero-order chi connectivity index (χ0) is 36.4. The fourth-order valence-electron chi connectivity index (χ4n) is 8.04. The van der Waals surface area contributed by atoms with Crippen molar-refractivity contribution in [3.05, 3.63) is 129 Å². The predicted octanol–water partition coefficient (Wildman–Crippen LogP) is 9.32. The standard InChI is InChI=1S/C23H24N2O2.C22H22N2O2/c1-25-13-20(16-6-7-16)18-9-14(3-8-22(18)25)10-21-19(23(26)27-2)11-17(12-24-21)15-4-5-15;1-24-12-19(15-5-6-15)17-8-13(2-7-21(17)24)9-20-18(22(25)26)10-16(11-23-20)14-3-4-14/h3,8-9,11-13,15-16H,4-7,10H2,1-2H3;2,7-8,10-12,14-15H,3-6,9H2,1H3,(H,25,26). The number of benzene rings is 2. The number of ether oxygens (including phenoxy) is 1. The lowest BCUT2D eigenvalue weighted by Crippen LogP contribution is -2.09. The number of pyridine rings is 2. The number of aromatic nitrogens is 4. The lowest BCUT2D eigenvalue weighted by molar-refractivity contribution is 0.0598. The molecule has 0 amide bonds. The molecular weight excluding hydrogens is 661 g/mol. The zero-order valence-corrected chi connectivity index (χ0v) is 30.8. The Morgan fingerprint density at radius 3 is 1.51 bits per heavy atom. The highest BCUT2D eigenvalue weighted by molar-refractivity contribution is 5.91. The van der Waals surface area contributed by atoms with Gasteiger partial charge in [0.2, 0.25) is 0 Å². The summed E-state index contributed by atoms with van der Waals surface area (Å²) < 4.78 is 9.43. The molecule has 1 N–H and O–H groups in total. The predicted molar refractivity (Wildman–Crippen MR) is 206 cm³/mol. The van der Waals surface area contributed by atoms with E-state index >= 15 is 0 Å². The fourth-order valence-corrected chi connectivity index (χ4v) is 8.04. The van der Waals surface area contributed by atoms with Crippen LogP contribution in [0.3, 0.4) is 0 Å². The van der Waals surface area contributed by atoms with E-state index in [4.69, 9.17) is 4.74 Å². The normalized spacial score (nSPS) is 16.8. The van der Waals surface area contributed by atoms with E-state index < -0.39 is 5.97 Å². The summed E-state index contributed by atoms with van der Waals surface area (Å²) in [5, 5.41) is 12.3. The molecule has 53 heavy (non-hydrogen) atoms. The minimum Gasteiger partial charge on any atom is -0.478 e. The number of carboxylic acid groups (broad SMARTS) is 1. The minimum atomic E-state index is -0.880. The van der Waals surface area contributed by atoms with Gasteiger partial charge in [-0.15, -0.1) is 0 Å². The number of hydrogen-bond donors (Lipinski definition) is 1. The minimum absolute atomic E-state index is 0.292. The Labute approximate surface area is 309 Å². The highest BCUT2D eigenvalue weighted by Crippen LogP contribution is 2.45. The number of methoxy groups -OCH3 is 1. The molecule has 4 aliphatic carbocycles. The SMILES string of the molecule is COC(=O)c1cc(C2CC2)cnc1Cc1ccc2c(c1)c(C1CC1)cn2C.Cn1cc(C2CC2)c2cc(Cc3ncc(C4CC4)cc3C(=O)O)ccc21. The second-order valence-corrected chi connectivity index (χ2v) is 15.9. The Morgan fingerprint density at radius 2 is 1.09 bits per heavy atom. The van der Waals surface area contributed by atoms with Gasteiger partial charge in [0, 0.05) is 73.5 Å². The molecule has 0 aliphatic heterocycles. The molecule has 0 radical (unpaired) electrons. The van der Waals surface area contributed by atoms with Crippen molar-refractivity contribution in [2.45, 2.75) is 87.9 Å². The van der Waals surface area contributed by atoms with Crippen LogP contribution >= 0.6 is 0 Å². The fraction of sp³-hybridized carbons (Fsp3) is 0.378. The Balaban J connectivity index is 0.000000141. The average molecular weight is 707 g/mol. The maximum Gasteiger partial charge on any atom is 0.339 e. The van der Waals surface area contributed by atoms with Crippen molar-refractivity contribution >= 4 is 33.7 Å². The van der Waals surface area contributed by atoms with E-state index in [0.717, 1.165) is 35.2 Å². The van der Waals surface area contributed by atoms with Crippen molar-refractivity contribution in [2.75, 3.05) is 7.11 Å². The van der Waals surface area contributed by atoms with Crippen LogP contribution in [0.1, 0.15) is 141 Å². The summed E-state index contributed by atoms with van der Waals surface area (Å²) in [5.41, 5.74) is 12.4. The number of aromatic carboxylic acids is 1. The molecule has 6 aromatic rings. The largest absolute Gasteiger partial charge is 0.478 e. The summed E-state index contributed by atoms with van der Waals surface area (Å²) >= 11 is 0. The Bertz CT molecular complexity index is 2400. The Hall–Kier alpha value is -5.24. The molecule has 0 bridgehead atoms. The zero-order valence-electron chi connectivity index (χ0n) is 30.8. The molecule has 10 rings (SSSR count). The molecule has 2 aromatic carbocycles. The second kappa shape index (κ2) is 13.3. The van der Waals surface area contributed by atoms with Gasteiger partial charge in [-0.25, -0.2) is 9.59 Å².